The van der Waals surface area contributed by atoms with Crippen molar-refractivity contribution in [2.45, 2.75) is 56.3 Å². The van der Waals surface area contributed by atoms with Crippen molar-refractivity contribution in [3.05, 3.63) is 0 Å². The normalized spacial score (nSPS) is 14.0. The largest absolute Gasteiger partial charge is 0.480 e. The first-order chi connectivity index (χ1) is 16.4. The number of aliphatic hydroxyl groups excluding tert-OH is 1. The van der Waals surface area contributed by atoms with E-state index < -0.39 is 60.4 Å². The molecule has 0 aliphatic rings. The summed E-state index contributed by atoms with van der Waals surface area (Å²) in [6.07, 6.45) is 2.04. The molecule has 15 nitrogen and oxygen atoms in total. The van der Waals surface area contributed by atoms with E-state index in [0.29, 0.717) is 12.2 Å². The number of aliphatic imine (C=N–C) groups is 1. The quantitative estimate of drug-likeness (QED) is 0.0475. The van der Waals surface area contributed by atoms with Gasteiger partial charge in [0.15, 0.2) is 5.96 Å². The molecule has 0 aromatic carbocycles. The second-order valence-corrected chi connectivity index (χ2v) is 8.53. The first-order valence-corrected chi connectivity index (χ1v) is 12.1. The lowest BCUT2D eigenvalue weighted by molar-refractivity contribution is -0.142. The van der Waals surface area contributed by atoms with E-state index >= 15 is 0 Å². The third-order valence-electron chi connectivity index (χ3n) is 4.66. The van der Waals surface area contributed by atoms with Crippen LogP contribution in [0, 0.1) is 0 Å². The van der Waals surface area contributed by atoms with Crippen molar-refractivity contribution >= 4 is 47.3 Å². The molecule has 4 amide bonds. The molecule has 16 heteroatoms. The molecule has 0 heterocycles. The lowest BCUT2D eigenvalue weighted by Gasteiger charge is -2.24. The number of amides is 4. The first kappa shape index (κ1) is 31.9. The Bertz CT molecular complexity index is 763. The van der Waals surface area contributed by atoms with Gasteiger partial charge in [0.05, 0.1) is 12.6 Å². The van der Waals surface area contributed by atoms with E-state index in [-0.39, 0.29) is 38.2 Å². The average Bonchev–Trinajstić information content (AvgIpc) is 2.79. The molecule has 4 unspecified atom stereocenters. The highest BCUT2D eigenvalue weighted by Gasteiger charge is 2.30. The predicted octanol–water partition coefficient (Wildman–Crippen LogP) is -4.08. The van der Waals surface area contributed by atoms with E-state index in [2.05, 4.69) is 20.9 Å². The molecule has 0 aliphatic carbocycles. The summed E-state index contributed by atoms with van der Waals surface area (Å²) in [4.78, 5) is 63.7. The van der Waals surface area contributed by atoms with Gasteiger partial charge in [-0.2, -0.15) is 11.8 Å². The molecule has 0 aliphatic heterocycles. The molecule has 13 N–H and O–H groups in total. The monoisotopic (exact) mass is 520 g/mol. The van der Waals surface area contributed by atoms with E-state index in [1.165, 1.54) is 11.8 Å². The van der Waals surface area contributed by atoms with Crippen LogP contribution in [0.15, 0.2) is 4.99 Å². The fourth-order valence-electron chi connectivity index (χ4n) is 2.72. The van der Waals surface area contributed by atoms with Crippen LogP contribution in [0.1, 0.15) is 32.1 Å². The van der Waals surface area contributed by atoms with Crippen LogP contribution in [0.2, 0.25) is 0 Å². The number of primary amides is 1. The number of rotatable bonds is 18. The number of aliphatic hydroxyl groups is 1. The van der Waals surface area contributed by atoms with Crippen LogP contribution in [0.3, 0.4) is 0 Å². The Balaban J connectivity index is 5.13. The highest BCUT2D eigenvalue weighted by Crippen LogP contribution is 2.05. The van der Waals surface area contributed by atoms with Gasteiger partial charge in [-0.15, -0.1) is 0 Å². The Kier molecular flexibility index (Phi) is 15.8. The Labute approximate surface area is 207 Å². The number of nitrogens with two attached hydrogens (primary N) is 4. The van der Waals surface area contributed by atoms with Crippen LogP contribution in [-0.2, 0) is 24.0 Å². The molecule has 200 valence electrons. The zero-order valence-electron chi connectivity index (χ0n) is 19.6. The van der Waals surface area contributed by atoms with Gasteiger partial charge in [0, 0.05) is 13.0 Å². The molecule has 0 saturated heterocycles. The van der Waals surface area contributed by atoms with Crippen molar-refractivity contribution in [3.63, 3.8) is 0 Å². The molecular formula is C19H36N8O7S. The summed E-state index contributed by atoms with van der Waals surface area (Å²) in [5, 5.41) is 25.9. The van der Waals surface area contributed by atoms with Gasteiger partial charge in [-0.05, 0) is 37.7 Å². The minimum atomic E-state index is -1.40. The molecule has 35 heavy (non-hydrogen) atoms. The van der Waals surface area contributed by atoms with E-state index in [1.807, 2.05) is 0 Å². The Morgan fingerprint density at radius 1 is 0.886 bits per heavy atom. The number of carboxylic acid groups (broad SMARTS) is 1. The maximum atomic E-state index is 12.7. The Morgan fingerprint density at radius 2 is 1.46 bits per heavy atom. The molecule has 0 spiro atoms. The van der Waals surface area contributed by atoms with Crippen molar-refractivity contribution in [2.75, 3.05) is 25.2 Å². The Morgan fingerprint density at radius 3 is 1.97 bits per heavy atom. The van der Waals surface area contributed by atoms with E-state index in [9.17, 15) is 34.2 Å². The molecule has 0 fully saturated rings. The number of thioether (sulfide) groups is 1. The standard InChI is InChI=1S/C19H36N8O7S/c1-35-8-6-11(16(31)26-12(18(33)34)4-5-14(21)29)25-17(32)13(9-28)27-15(30)10(20)3-2-7-24-19(22)23/h10-13,28H,2-9,20H2,1H3,(H2,21,29)(H,25,32)(H,26,31)(H,27,30)(H,33,34)(H4,22,23,24). The summed E-state index contributed by atoms with van der Waals surface area (Å²) in [5.74, 6) is -4.12. The summed E-state index contributed by atoms with van der Waals surface area (Å²) in [6, 6.07) is -4.96. The van der Waals surface area contributed by atoms with Crippen molar-refractivity contribution in [2.24, 2.45) is 27.9 Å². The fraction of sp³-hybridized carbons (Fsp3) is 0.684. The molecule has 4 atom stereocenters. The van der Waals surface area contributed by atoms with Gasteiger partial charge < -0.3 is 49.1 Å². The first-order valence-electron chi connectivity index (χ1n) is 10.8. The SMILES string of the molecule is CSCCC(NC(=O)C(CO)NC(=O)C(N)CCCN=C(N)N)C(=O)NC(CCC(N)=O)C(=O)O. The summed E-state index contributed by atoms with van der Waals surface area (Å²) in [5.41, 5.74) is 21.3. The zero-order chi connectivity index (χ0) is 27.0. The minimum Gasteiger partial charge on any atom is -0.480 e. The van der Waals surface area contributed by atoms with Gasteiger partial charge in [-0.25, -0.2) is 4.79 Å². The molecule has 0 radical (unpaired) electrons. The average molecular weight is 521 g/mol. The van der Waals surface area contributed by atoms with Crippen molar-refractivity contribution in [1.82, 2.24) is 16.0 Å². The van der Waals surface area contributed by atoms with Crippen LogP contribution >= 0.6 is 11.8 Å². The smallest absolute Gasteiger partial charge is 0.326 e. The number of carbonyl (C=O) groups is 5. The number of nitrogens with one attached hydrogen (secondary N) is 3. The molecular weight excluding hydrogens is 484 g/mol. The maximum Gasteiger partial charge on any atom is 0.326 e. The second kappa shape index (κ2) is 17.3. The Hall–Kier alpha value is -3.11. The number of aliphatic carboxylic acids is 1. The molecule has 0 saturated carbocycles. The molecule has 0 aromatic heterocycles. The summed E-state index contributed by atoms with van der Waals surface area (Å²) < 4.78 is 0. The molecule has 0 bridgehead atoms. The predicted molar refractivity (Wildman–Crippen MR) is 130 cm³/mol. The minimum absolute atomic E-state index is 0.0948. The van der Waals surface area contributed by atoms with Crippen molar-refractivity contribution in [1.29, 1.82) is 0 Å². The summed E-state index contributed by atoms with van der Waals surface area (Å²) in [6.45, 7) is -0.512. The molecule has 0 rings (SSSR count). The van der Waals surface area contributed by atoms with Gasteiger partial charge in [-0.3, -0.25) is 24.2 Å². The van der Waals surface area contributed by atoms with Crippen LogP contribution in [0.5, 0.6) is 0 Å². The molecule has 0 aromatic rings. The van der Waals surface area contributed by atoms with Crippen molar-refractivity contribution < 1.29 is 34.2 Å². The fourth-order valence-corrected chi connectivity index (χ4v) is 3.19. The van der Waals surface area contributed by atoms with Gasteiger partial charge >= 0.3 is 5.97 Å². The zero-order valence-corrected chi connectivity index (χ0v) is 20.4. The van der Waals surface area contributed by atoms with Gasteiger partial charge in [0.25, 0.3) is 0 Å². The number of guanidine groups is 1. The second-order valence-electron chi connectivity index (χ2n) is 7.55. The lowest BCUT2D eigenvalue weighted by Crippen LogP contribution is -2.58. The summed E-state index contributed by atoms with van der Waals surface area (Å²) in [7, 11) is 0. The van der Waals surface area contributed by atoms with Gasteiger partial charge in [-0.1, -0.05) is 0 Å². The van der Waals surface area contributed by atoms with Gasteiger partial charge in [0.2, 0.25) is 23.6 Å². The topological polar surface area (TPSA) is 278 Å². The lowest BCUT2D eigenvalue weighted by atomic mass is 10.1. The number of nitrogens with zero attached hydrogens (tertiary/aromatic N) is 1. The summed E-state index contributed by atoms with van der Waals surface area (Å²) >= 11 is 1.38. The third-order valence-corrected chi connectivity index (χ3v) is 5.30. The van der Waals surface area contributed by atoms with E-state index in [1.54, 1.807) is 6.26 Å². The van der Waals surface area contributed by atoms with Crippen LogP contribution in [0.4, 0.5) is 0 Å². The van der Waals surface area contributed by atoms with E-state index in [4.69, 9.17) is 22.9 Å². The maximum absolute atomic E-state index is 12.7. The number of carboxylic acids is 1. The van der Waals surface area contributed by atoms with Crippen LogP contribution in [0.25, 0.3) is 0 Å². The third kappa shape index (κ3) is 14.0. The number of hydrogen-bond acceptors (Lipinski definition) is 9. The van der Waals surface area contributed by atoms with Gasteiger partial charge in [0.1, 0.15) is 18.1 Å². The van der Waals surface area contributed by atoms with Crippen molar-refractivity contribution in [3.8, 4) is 0 Å². The number of hydrogen-bond donors (Lipinski definition) is 9. The highest BCUT2D eigenvalue weighted by atomic mass is 32.2. The number of carbonyl (C=O) groups excluding carboxylic acids is 4. The highest BCUT2D eigenvalue weighted by molar-refractivity contribution is 7.98. The van der Waals surface area contributed by atoms with Crippen LogP contribution in [-0.4, -0.2) is 95.1 Å². The van der Waals surface area contributed by atoms with E-state index in [0.717, 1.165) is 0 Å². The van der Waals surface area contributed by atoms with Crippen LogP contribution < -0.4 is 38.9 Å².